The molecule has 0 saturated heterocycles. The van der Waals surface area contributed by atoms with E-state index >= 15 is 0 Å². The Bertz CT molecular complexity index is 908. The molecule has 1 aromatic carbocycles. The van der Waals surface area contributed by atoms with E-state index in [9.17, 15) is 4.39 Å². The SMILES string of the molecule is CCCCSc1nnc([C@H](C)Oc2ccc(Oc3ncc(Cl)cc3F)cc2)o1. The van der Waals surface area contributed by atoms with Crippen molar-refractivity contribution in [1.29, 1.82) is 0 Å². The van der Waals surface area contributed by atoms with Crippen LogP contribution in [0.1, 0.15) is 38.7 Å². The van der Waals surface area contributed by atoms with Gasteiger partial charge in [0.25, 0.3) is 17.0 Å². The van der Waals surface area contributed by atoms with Gasteiger partial charge in [0.05, 0.1) is 5.02 Å². The molecule has 0 bridgehead atoms. The molecule has 1 atom stereocenters. The Kier molecular flexibility index (Phi) is 7.11. The second-order valence-electron chi connectivity index (χ2n) is 5.88. The molecule has 0 amide bonds. The average molecular weight is 424 g/mol. The van der Waals surface area contributed by atoms with Crippen molar-refractivity contribution < 1.29 is 18.3 Å². The van der Waals surface area contributed by atoms with Crippen molar-refractivity contribution in [3.63, 3.8) is 0 Å². The summed E-state index contributed by atoms with van der Waals surface area (Å²) < 4.78 is 30.6. The molecule has 2 heterocycles. The van der Waals surface area contributed by atoms with Gasteiger partial charge >= 0.3 is 0 Å². The van der Waals surface area contributed by atoms with E-state index in [1.54, 1.807) is 24.3 Å². The van der Waals surface area contributed by atoms with Gasteiger partial charge in [0.2, 0.25) is 0 Å². The summed E-state index contributed by atoms with van der Waals surface area (Å²) in [5, 5.41) is 8.80. The summed E-state index contributed by atoms with van der Waals surface area (Å²) in [6.45, 7) is 3.96. The molecule has 0 radical (unpaired) electrons. The standard InChI is InChI=1S/C19H19ClFN3O3S/c1-3-4-9-28-19-24-23-17(27-19)12(2)25-14-5-7-15(8-6-14)26-18-16(21)10-13(20)11-22-18/h5-8,10-12H,3-4,9H2,1-2H3/t12-/m0/s1. The summed E-state index contributed by atoms with van der Waals surface area (Å²) in [5.41, 5.74) is 0. The van der Waals surface area contributed by atoms with Crippen LogP contribution in [-0.4, -0.2) is 20.9 Å². The van der Waals surface area contributed by atoms with Crippen molar-refractivity contribution in [3.05, 3.63) is 53.3 Å². The lowest BCUT2D eigenvalue weighted by Crippen LogP contribution is -2.03. The van der Waals surface area contributed by atoms with Crippen LogP contribution in [0.2, 0.25) is 5.02 Å². The number of aromatic nitrogens is 3. The normalized spacial score (nSPS) is 12.0. The minimum Gasteiger partial charge on any atom is -0.481 e. The van der Waals surface area contributed by atoms with Gasteiger partial charge in [-0.2, -0.15) is 0 Å². The molecule has 0 spiro atoms. The van der Waals surface area contributed by atoms with Crippen molar-refractivity contribution in [2.45, 2.75) is 38.0 Å². The molecule has 6 nitrogen and oxygen atoms in total. The number of benzene rings is 1. The zero-order valence-electron chi connectivity index (χ0n) is 15.4. The van der Waals surface area contributed by atoms with Crippen molar-refractivity contribution in [2.75, 3.05) is 5.75 Å². The van der Waals surface area contributed by atoms with Crippen molar-refractivity contribution in [2.24, 2.45) is 0 Å². The van der Waals surface area contributed by atoms with Gasteiger partial charge < -0.3 is 13.9 Å². The van der Waals surface area contributed by atoms with Gasteiger partial charge in [0.15, 0.2) is 11.9 Å². The van der Waals surface area contributed by atoms with Crippen LogP contribution in [0.4, 0.5) is 4.39 Å². The molecule has 28 heavy (non-hydrogen) atoms. The van der Waals surface area contributed by atoms with Gasteiger partial charge in [-0.15, -0.1) is 10.2 Å². The number of rotatable bonds is 9. The smallest absolute Gasteiger partial charge is 0.276 e. The zero-order chi connectivity index (χ0) is 19.9. The molecule has 0 saturated carbocycles. The zero-order valence-corrected chi connectivity index (χ0v) is 17.0. The number of ether oxygens (including phenoxy) is 2. The second kappa shape index (κ2) is 9.75. The van der Waals surface area contributed by atoms with Crippen LogP contribution in [0.15, 0.2) is 46.2 Å². The summed E-state index contributed by atoms with van der Waals surface area (Å²) in [7, 11) is 0. The molecule has 0 aliphatic rings. The predicted molar refractivity (Wildman–Crippen MR) is 105 cm³/mol. The van der Waals surface area contributed by atoms with Gasteiger partial charge in [-0.05, 0) is 43.7 Å². The second-order valence-corrected chi connectivity index (χ2v) is 7.36. The van der Waals surface area contributed by atoms with Gasteiger partial charge in [0, 0.05) is 11.9 Å². The number of unbranched alkanes of at least 4 members (excludes halogenated alkanes) is 1. The van der Waals surface area contributed by atoms with E-state index in [2.05, 4.69) is 22.1 Å². The maximum Gasteiger partial charge on any atom is 0.276 e. The Labute approximate surface area is 171 Å². The van der Waals surface area contributed by atoms with E-state index in [0.29, 0.717) is 22.6 Å². The molecule has 0 N–H and O–H groups in total. The first-order chi connectivity index (χ1) is 13.5. The number of hydrogen-bond donors (Lipinski definition) is 0. The highest BCUT2D eigenvalue weighted by Crippen LogP contribution is 2.28. The maximum atomic E-state index is 13.8. The van der Waals surface area contributed by atoms with E-state index in [4.69, 9.17) is 25.5 Å². The third kappa shape index (κ3) is 5.59. The molecular formula is C19H19ClFN3O3S. The summed E-state index contributed by atoms with van der Waals surface area (Å²) >= 11 is 7.22. The van der Waals surface area contributed by atoms with E-state index in [-0.39, 0.29) is 10.9 Å². The van der Waals surface area contributed by atoms with Crippen molar-refractivity contribution in [3.8, 4) is 17.4 Å². The molecule has 148 valence electrons. The summed E-state index contributed by atoms with van der Waals surface area (Å²) in [4.78, 5) is 3.82. The number of pyridine rings is 1. The average Bonchev–Trinajstić information content (AvgIpc) is 3.15. The fraction of sp³-hybridized carbons (Fsp3) is 0.316. The van der Waals surface area contributed by atoms with Crippen LogP contribution in [0.25, 0.3) is 0 Å². The van der Waals surface area contributed by atoms with Crippen LogP contribution >= 0.6 is 23.4 Å². The van der Waals surface area contributed by atoms with Gasteiger partial charge in [-0.3, -0.25) is 0 Å². The van der Waals surface area contributed by atoms with Crippen LogP contribution in [0, 0.1) is 5.82 Å². The van der Waals surface area contributed by atoms with Gasteiger partial charge in [0.1, 0.15) is 11.5 Å². The Hall–Kier alpha value is -2.32. The first kappa shape index (κ1) is 20.4. The minimum atomic E-state index is -0.634. The summed E-state index contributed by atoms with van der Waals surface area (Å²) in [5.74, 6) is 1.57. The van der Waals surface area contributed by atoms with Crippen LogP contribution in [0.5, 0.6) is 17.4 Å². The third-order valence-electron chi connectivity index (χ3n) is 3.62. The highest BCUT2D eigenvalue weighted by Gasteiger charge is 2.16. The molecule has 2 aromatic heterocycles. The first-order valence-electron chi connectivity index (χ1n) is 8.77. The molecule has 0 aliphatic carbocycles. The predicted octanol–water partition coefficient (Wildman–Crippen LogP) is 6.08. The number of halogens is 2. The third-order valence-corrected chi connectivity index (χ3v) is 4.73. The number of thioether (sulfide) groups is 1. The molecule has 0 unspecified atom stereocenters. The molecule has 3 aromatic rings. The highest BCUT2D eigenvalue weighted by molar-refractivity contribution is 7.99. The number of nitrogens with zero attached hydrogens (tertiary/aromatic N) is 3. The molecule has 0 fully saturated rings. The molecular weight excluding hydrogens is 405 g/mol. The largest absolute Gasteiger partial charge is 0.481 e. The van der Waals surface area contributed by atoms with Gasteiger partial charge in [-0.1, -0.05) is 36.7 Å². The van der Waals surface area contributed by atoms with Crippen molar-refractivity contribution >= 4 is 23.4 Å². The highest BCUT2D eigenvalue weighted by atomic mass is 35.5. The van der Waals surface area contributed by atoms with E-state index in [1.807, 2.05) is 6.92 Å². The molecule has 3 rings (SSSR count). The van der Waals surface area contributed by atoms with Crippen molar-refractivity contribution in [1.82, 2.24) is 15.2 Å². The van der Waals surface area contributed by atoms with Crippen LogP contribution in [-0.2, 0) is 0 Å². The van der Waals surface area contributed by atoms with E-state index in [1.165, 1.54) is 18.0 Å². The van der Waals surface area contributed by atoms with E-state index < -0.39 is 11.9 Å². The summed E-state index contributed by atoms with van der Waals surface area (Å²) in [6, 6.07) is 7.84. The lowest BCUT2D eigenvalue weighted by Gasteiger charge is -2.11. The Balaban J connectivity index is 1.57. The van der Waals surface area contributed by atoms with E-state index in [0.717, 1.165) is 24.7 Å². The summed E-state index contributed by atoms with van der Waals surface area (Å²) in [6.07, 6.45) is 3.13. The number of hydrogen-bond acceptors (Lipinski definition) is 7. The topological polar surface area (TPSA) is 70.3 Å². The Morgan fingerprint density at radius 3 is 2.68 bits per heavy atom. The quantitative estimate of drug-likeness (QED) is 0.305. The fourth-order valence-corrected chi connectivity index (χ4v) is 3.17. The lowest BCUT2D eigenvalue weighted by atomic mass is 10.3. The Morgan fingerprint density at radius 1 is 1.21 bits per heavy atom. The van der Waals surface area contributed by atoms with Gasteiger partial charge in [-0.25, -0.2) is 9.37 Å². The first-order valence-corrected chi connectivity index (χ1v) is 10.1. The molecule has 0 aliphatic heterocycles. The van der Waals surface area contributed by atoms with Crippen LogP contribution < -0.4 is 9.47 Å². The monoisotopic (exact) mass is 423 g/mol. The lowest BCUT2D eigenvalue weighted by molar-refractivity contribution is 0.181. The fourth-order valence-electron chi connectivity index (χ4n) is 2.18. The maximum absolute atomic E-state index is 13.8. The van der Waals surface area contributed by atoms with Crippen LogP contribution in [0.3, 0.4) is 0 Å². The molecule has 9 heteroatoms. The minimum absolute atomic E-state index is 0.148. The Morgan fingerprint density at radius 2 is 1.96 bits per heavy atom.